The topological polar surface area (TPSA) is 92.2 Å². The zero-order chi connectivity index (χ0) is 21.6. The first-order chi connectivity index (χ1) is 15.1. The Labute approximate surface area is 186 Å². The van der Waals surface area contributed by atoms with Gasteiger partial charge in [0.05, 0.1) is 12.2 Å². The fraction of sp³-hybridized carbons (Fsp3) is 0.348. The molecule has 0 unspecified atom stereocenters. The number of hydrogen-bond donors (Lipinski definition) is 3. The minimum absolute atomic E-state index is 0.169. The van der Waals surface area contributed by atoms with Crippen LogP contribution in [-0.4, -0.2) is 41.2 Å². The van der Waals surface area contributed by atoms with Crippen molar-refractivity contribution < 1.29 is 19.4 Å². The monoisotopic (exact) mass is 439 g/mol. The van der Waals surface area contributed by atoms with E-state index in [4.69, 9.17) is 26.8 Å². The lowest BCUT2D eigenvalue weighted by molar-refractivity contribution is -0.139. The molecule has 3 N–H and O–H groups in total. The van der Waals surface area contributed by atoms with Crippen LogP contribution in [0.4, 0.5) is 5.69 Å². The molecule has 0 saturated carbocycles. The van der Waals surface area contributed by atoms with Crippen LogP contribution in [0.25, 0.3) is 0 Å². The van der Waals surface area contributed by atoms with E-state index in [-0.39, 0.29) is 24.7 Å². The second kappa shape index (κ2) is 9.89. The lowest BCUT2D eigenvalue weighted by atomic mass is 9.77. The molecule has 4 rings (SSSR count). The van der Waals surface area contributed by atoms with Crippen LogP contribution in [0, 0.1) is 11.8 Å². The molecule has 2 saturated heterocycles. The molecule has 4 atom stereocenters. The number of anilines is 1. The van der Waals surface area contributed by atoms with Gasteiger partial charge in [0, 0.05) is 17.8 Å². The molecule has 31 heavy (non-hydrogen) atoms. The van der Waals surface area contributed by atoms with Crippen LogP contribution < -0.4 is 15.5 Å². The SMILES string of the molecule is O=C(O)COc1cccc(C[C@H]2[C@@H](C=NNC(=S)Nc3ccccc3)[C@H]3CC[C@@H]2O3)c1. The van der Waals surface area contributed by atoms with Gasteiger partial charge in [0.1, 0.15) is 5.75 Å². The van der Waals surface area contributed by atoms with Crippen LogP contribution in [0.1, 0.15) is 18.4 Å². The smallest absolute Gasteiger partial charge is 0.341 e. The quantitative estimate of drug-likeness (QED) is 0.330. The van der Waals surface area contributed by atoms with E-state index in [0.29, 0.717) is 16.8 Å². The van der Waals surface area contributed by atoms with Crippen LogP contribution in [0.5, 0.6) is 5.75 Å². The summed E-state index contributed by atoms with van der Waals surface area (Å²) in [6.07, 6.45) is 5.19. The van der Waals surface area contributed by atoms with Gasteiger partial charge in [0.15, 0.2) is 11.7 Å². The number of fused-ring (bicyclic) bond motifs is 2. The van der Waals surface area contributed by atoms with Crippen LogP contribution in [0.2, 0.25) is 0 Å². The van der Waals surface area contributed by atoms with Crippen molar-refractivity contribution in [3.05, 3.63) is 60.2 Å². The second-order valence-corrected chi connectivity index (χ2v) is 8.18. The molecular weight excluding hydrogens is 414 g/mol. The van der Waals surface area contributed by atoms with Crippen molar-refractivity contribution in [2.75, 3.05) is 11.9 Å². The third kappa shape index (κ3) is 5.59. The number of thiocarbonyl (C=S) groups is 1. The Bertz CT molecular complexity index is 953. The molecule has 162 valence electrons. The number of nitrogens with one attached hydrogen (secondary N) is 2. The van der Waals surface area contributed by atoms with Crippen molar-refractivity contribution in [1.82, 2.24) is 5.43 Å². The number of carboxylic acids is 1. The van der Waals surface area contributed by atoms with E-state index >= 15 is 0 Å². The summed E-state index contributed by atoms with van der Waals surface area (Å²) < 4.78 is 11.5. The van der Waals surface area contributed by atoms with Crippen LogP contribution in [0.3, 0.4) is 0 Å². The van der Waals surface area contributed by atoms with Gasteiger partial charge in [-0.3, -0.25) is 5.43 Å². The maximum absolute atomic E-state index is 10.7. The van der Waals surface area contributed by atoms with Gasteiger partial charge in [-0.2, -0.15) is 5.10 Å². The fourth-order valence-corrected chi connectivity index (χ4v) is 4.50. The summed E-state index contributed by atoms with van der Waals surface area (Å²) in [6.45, 7) is -0.349. The van der Waals surface area contributed by atoms with E-state index in [1.165, 1.54) is 0 Å². The highest BCUT2D eigenvalue weighted by Crippen LogP contribution is 2.44. The van der Waals surface area contributed by atoms with Gasteiger partial charge < -0.3 is 19.9 Å². The van der Waals surface area contributed by atoms with Crippen molar-refractivity contribution in [1.29, 1.82) is 0 Å². The molecule has 2 fully saturated rings. The van der Waals surface area contributed by atoms with Crippen LogP contribution in [0.15, 0.2) is 59.7 Å². The molecule has 0 aromatic heterocycles. The van der Waals surface area contributed by atoms with Gasteiger partial charge in [-0.05, 0) is 67.2 Å². The molecule has 2 aliphatic heterocycles. The summed E-state index contributed by atoms with van der Waals surface area (Å²) in [6, 6.07) is 17.3. The Hall–Kier alpha value is -2.97. The van der Waals surface area contributed by atoms with Gasteiger partial charge >= 0.3 is 5.97 Å². The highest BCUT2D eigenvalue weighted by molar-refractivity contribution is 7.80. The molecule has 0 spiro atoms. The third-order valence-corrected chi connectivity index (χ3v) is 5.86. The zero-order valence-electron chi connectivity index (χ0n) is 16.9. The molecule has 7 nitrogen and oxygen atoms in total. The van der Waals surface area contributed by atoms with Crippen molar-refractivity contribution in [3.63, 3.8) is 0 Å². The number of para-hydroxylation sites is 1. The largest absolute Gasteiger partial charge is 0.482 e. The number of carbonyl (C=O) groups is 1. The molecule has 8 heteroatoms. The first kappa shape index (κ1) is 21.3. The standard InChI is InChI=1S/C23H25N3O4S/c27-22(28)14-29-17-8-4-5-15(11-17)12-18-19(21-10-9-20(18)30-21)13-24-26-23(31)25-16-6-2-1-3-7-16/h1-8,11,13,18-21H,9-10,12,14H2,(H,27,28)(H2,25,26,31)/t18-,19+,20-,21+/m0/s1. The minimum Gasteiger partial charge on any atom is -0.482 e. The number of ether oxygens (including phenoxy) is 2. The Morgan fingerprint density at radius 2 is 2.00 bits per heavy atom. The predicted octanol–water partition coefficient (Wildman–Crippen LogP) is 3.46. The number of benzene rings is 2. The van der Waals surface area contributed by atoms with E-state index in [1.807, 2.05) is 54.7 Å². The maximum Gasteiger partial charge on any atom is 0.341 e. The highest BCUT2D eigenvalue weighted by Gasteiger charge is 2.48. The molecule has 2 aromatic carbocycles. The predicted molar refractivity (Wildman–Crippen MR) is 122 cm³/mol. The number of nitrogens with zero attached hydrogens (tertiary/aromatic N) is 1. The van der Waals surface area contributed by atoms with E-state index in [0.717, 1.165) is 30.5 Å². The Balaban J connectivity index is 1.36. The summed E-state index contributed by atoms with van der Waals surface area (Å²) in [4.78, 5) is 10.7. The van der Waals surface area contributed by atoms with Crippen molar-refractivity contribution in [2.24, 2.45) is 16.9 Å². The number of rotatable bonds is 8. The summed E-state index contributed by atoms with van der Waals surface area (Å²) in [7, 11) is 0. The van der Waals surface area contributed by atoms with Gasteiger partial charge in [0.25, 0.3) is 0 Å². The second-order valence-electron chi connectivity index (χ2n) is 7.78. The number of hydrazone groups is 1. The van der Waals surface area contributed by atoms with Gasteiger partial charge in [-0.25, -0.2) is 4.79 Å². The molecule has 2 aliphatic rings. The zero-order valence-corrected chi connectivity index (χ0v) is 17.8. The van der Waals surface area contributed by atoms with E-state index in [1.54, 1.807) is 6.07 Å². The highest BCUT2D eigenvalue weighted by atomic mass is 32.1. The molecule has 2 aromatic rings. The molecule has 0 amide bonds. The normalized spacial score (nSPS) is 24.3. The van der Waals surface area contributed by atoms with Crippen LogP contribution in [-0.2, 0) is 16.0 Å². The van der Waals surface area contributed by atoms with Gasteiger partial charge in [-0.15, -0.1) is 0 Å². The summed E-state index contributed by atoms with van der Waals surface area (Å²) in [5, 5.41) is 16.7. The summed E-state index contributed by atoms with van der Waals surface area (Å²) in [5.41, 5.74) is 4.90. The van der Waals surface area contributed by atoms with Crippen molar-refractivity contribution in [3.8, 4) is 5.75 Å². The average molecular weight is 440 g/mol. The van der Waals surface area contributed by atoms with Gasteiger partial charge in [-0.1, -0.05) is 30.3 Å². The summed E-state index contributed by atoms with van der Waals surface area (Å²) in [5.74, 6) is 0.0626. The lowest BCUT2D eigenvalue weighted by Gasteiger charge is -2.25. The lowest BCUT2D eigenvalue weighted by Crippen LogP contribution is -2.31. The van der Waals surface area contributed by atoms with E-state index in [9.17, 15) is 4.79 Å². The molecular formula is C23H25N3O4S. The first-order valence-electron chi connectivity index (χ1n) is 10.3. The maximum atomic E-state index is 10.7. The first-order valence-corrected chi connectivity index (χ1v) is 10.7. The summed E-state index contributed by atoms with van der Waals surface area (Å²) >= 11 is 5.31. The minimum atomic E-state index is -0.990. The Morgan fingerprint density at radius 3 is 2.81 bits per heavy atom. The van der Waals surface area contributed by atoms with Crippen LogP contribution >= 0.6 is 12.2 Å². The number of aliphatic carboxylic acids is 1. The van der Waals surface area contributed by atoms with E-state index < -0.39 is 5.97 Å². The average Bonchev–Trinajstić information content (AvgIpc) is 3.36. The fourth-order valence-electron chi connectivity index (χ4n) is 4.33. The molecule has 2 bridgehead atoms. The van der Waals surface area contributed by atoms with Gasteiger partial charge in [0.2, 0.25) is 0 Å². The Kier molecular flexibility index (Phi) is 6.79. The van der Waals surface area contributed by atoms with Crippen molar-refractivity contribution >= 4 is 35.2 Å². The van der Waals surface area contributed by atoms with Crippen molar-refractivity contribution in [2.45, 2.75) is 31.5 Å². The number of carboxylic acid groups (broad SMARTS) is 1. The van der Waals surface area contributed by atoms with E-state index in [2.05, 4.69) is 15.8 Å². The molecule has 0 radical (unpaired) electrons. The number of hydrogen-bond acceptors (Lipinski definition) is 5. The molecule has 2 heterocycles. The third-order valence-electron chi connectivity index (χ3n) is 5.66. The molecule has 0 aliphatic carbocycles. The Morgan fingerprint density at radius 1 is 1.19 bits per heavy atom.